The van der Waals surface area contributed by atoms with Gasteiger partial charge in [-0.1, -0.05) is 381 Å². The van der Waals surface area contributed by atoms with Gasteiger partial charge < -0.3 is 23.7 Å². The summed E-state index contributed by atoms with van der Waals surface area (Å²) in [5.41, 5.74) is 41.8. The molecule has 0 amide bonds. The maximum Gasteiger partial charge on any atom is 0.136 e. The Morgan fingerprint density at radius 3 is 0.965 bits per heavy atom. The largest absolute Gasteiger partial charge is 0.457 e. The van der Waals surface area contributed by atoms with Crippen LogP contribution in [0.15, 0.2) is 509 Å². The Bertz CT molecular complexity index is 9410. The Balaban J connectivity index is 0.526. The Labute approximate surface area is 844 Å². The molecule has 4 aliphatic carbocycles. The SMILES string of the molecule is c1ccc2c(c1)Oc1ccccc1C21c2ccccc2-c2c(N(c3ccc(-c4ccc5c(c4)sc4ccc(-c6ccc7c(c6)Sc6ccccc6C76c7ccccc7-c7c(N(c8ccc(-c9cccc%10oc%11ccccc%11c9%10)cc8)c8cccc9c8-c8ccccc8C98c9ccccc9Oc9ccccc98)cccc76)cc45)cc3)c3cccc4c3-c3ccccc3C43c4ccccc4Sc4ccccc43)cccc21. The number of benzene rings is 22. The number of rotatable bonds is 9. The highest BCUT2D eigenvalue weighted by atomic mass is 32.2. The topological polar surface area (TPSA) is 38.1 Å². The molecule has 0 fully saturated rings. The number of furan rings is 1. The normalized spacial score (nSPS) is 15.2. The average molecular weight is 1890 g/mol. The van der Waals surface area contributed by atoms with Crippen molar-refractivity contribution in [2.24, 2.45) is 0 Å². The van der Waals surface area contributed by atoms with Crippen LogP contribution in [0.25, 0.3) is 120 Å². The minimum absolute atomic E-state index is 0.587. The van der Waals surface area contributed by atoms with E-state index >= 15 is 0 Å². The number of hydrogen-bond donors (Lipinski definition) is 0. The zero-order chi connectivity index (χ0) is 94.0. The lowest BCUT2D eigenvalue weighted by molar-refractivity contribution is 0.436. The molecule has 4 aliphatic heterocycles. The molecule has 144 heavy (non-hydrogen) atoms. The van der Waals surface area contributed by atoms with Crippen LogP contribution >= 0.6 is 34.9 Å². The van der Waals surface area contributed by atoms with Gasteiger partial charge in [-0.25, -0.2) is 0 Å². The molecule has 24 aromatic rings. The summed E-state index contributed by atoms with van der Waals surface area (Å²) in [5.74, 6) is 3.47. The molecule has 1 unspecified atom stereocenters. The Kier molecular flexibility index (Phi) is 16.9. The Hall–Kier alpha value is -17.2. The molecule has 1 atom stereocenters. The van der Waals surface area contributed by atoms with Gasteiger partial charge in [0.15, 0.2) is 0 Å². The maximum atomic E-state index is 6.93. The predicted octanol–water partition coefficient (Wildman–Crippen LogP) is 36.5. The van der Waals surface area contributed by atoms with Crippen molar-refractivity contribution in [2.45, 2.75) is 41.2 Å². The first-order valence-electron chi connectivity index (χ1n) is 49.5. The zero-order valence-corrected chi connectivity index (χ0v) is 80.0. The minimum Gasteiger partial charge on any atom is -0.457 e. The van der Waals surface area contributed by atoms with Gasteiger partial charge in [-0.3, -0.25) is 0 Å². The van der Waals surface area contributed by atoms with Gasteiger partial charge >= 0.3 is 0 Å². The van der Waals surface area contributed by atoms with E-state index in [2.05, 4.69) is 495 Å². The summed E-state index contributed by atoms with van der Waals surface area (Å²) in [6.07, 6.45) is 0. The van der Waals surface area contributed by atoms with Crippen LogP contribution in [0, 0.1) is 0 Å². The summed E-state index contributed by atoms with van der Waals surface area (Å²) >= 11 is 5.66. The summed E-state index contributed by atoms with van der Waals surface area (Å²) < 4.78 is 22.9. The van der Waals surface area contributed by atoms with Crippen molar-refractivity contribution in [2.75, 3.05) is 9.80 Å². The molecule has 0 N–H and O–H groups in total. The van der Waals surface area contributed by atoms with E-state index < -0.39 is 21.7 Å². The van der Waals surface area contributed by atoms with E-state index in [9.17, 15) is 0 Å². The monoisotopic (exact) mass is 1880 g/mol. The summed E-state index contributed by atoms with van der Waals surface area (Å²) in [5, 5.41) is 4.71. The molecule has 4 spiro atoms. The van der Waals surface area contributed by atoms with Crippen LogP contribution in [0.3, 0.4) is 0 Å². The molecule has 32 rings (SSSR count). The van der Waals surface area contributed by atoms with Gasteiger partial charge in [-0.05, 0) is 250 Å². The van der Waals surface area contributed by atoms with Crippen LogP contribution < -0.4 is 19.3 Å². The van der Waals surface area contributed by atoms with Gasteiger partial charge in [0.2, 0.25) is 0 Å². The van der Waals surface area contributed by atoms with Crippen LogP contribution in [-0.4, -0.2) is 0 Å². The van der Waals surface area contributed by atoms with Crippen LogP contribution in [0.5, 0.6) is 23.0 Å². The van der Waals surface area contributed by atoms with Crippen LogP contribution in [0.1, 0.15) is 89.0 Å². The summed E-state index contributed by atoms with van der Waals surface area (Å²) in [7, 11) is 0. The summed E-state index contributed by atoms with van der Waals surface area (Å²) in [6.45, 7) is 0. The number of thiophene rings is 1. The second-order valence-corrected chi connectivity index (χ2v) is 42.4. The van der Waals surface area contributed by atoms with Crippen molar-refractivity contribution in [1.29, 1.82) is 0 Å². The molecule has 670 valence electrons. The first-order chi connectivity index (χ1) is 71.4. The molecular weight excluding hydrogens is 1810 g/mol. The Morgan fingerprint density at radius 1 is 0.188 bits per heavy atom. The third-order valence-corrected chi connectivity index (χ3v) is 36.0. The van der Waals surface area contributed by atoms with E-state index in [1.807, 2.05) is 34.9 Å². The minimum atomic E-state index is -0.713. The van der Waals surface area contributed by atoms with Crippen LogP contribution in [-0.2, 0) is 21.7 Å². The zero-order valence-electron chi connectivity index (χ0n) is 77.5. The summed E-state index contributed by atoms with van der Waals surface area (Å²) in [6, 6.07) is 183. The third kappa shape index (κ3) is 10.6. The smallest absolute Gasteiger partial charge is 0.136 e. The van der Waals surface area contributed by atoms with Crippen molar-refractivity contribution >= 4 is 111 Å². The third-order valence-electron chi connectivity index (χ3n) is 32.6. The first-order valence-corrected chi connectivity index (χ1v) is 52.0. The van der Waals surface area contributed by atoms with E-state index in [1.54, 1.807) is 0 Å². The molecule has 8 heteroatoms. The lowest BCUT2D eigenvalue weighted by Crippen LogP contribution is -2.32. The molecule has 0 saturated carbocycles. The first kappa shape index (κ1) is 80.6. The van der Waals surface area contributed by atoms with Crippen molar-refractivity contribution in [3.05, 3.63) is 574 Å². The van der Waals surface area contributed by atoms with Gasteiger partial charge in [0.1, 0.15) is 34.2 Å². The fraction of sp³-hybridized carbons (Fsp3) is 0.0294. The van der Waals surface area contributed by atoms with Crippen molar-refractivity contribution in [1.82, 2.24) is 0 Å². The summed E-state index contributed by atoms with van der Waals surface area (Å²) in [4.78, 5) is 10.2. The number of ether oxygens (including phenoxy) is 2. The second-order valence-electron chi connectivity index (χ2n) is 39.1. The molecule has 6 heterocycles. The van der Waals surface area contributed by atoms with E-state index in [0.717, 1.165) is 118 Å². The molecule has 5 nitrogen and oxygen atoms in total. The van der Waals surface area contributed by atoms with Crippen molar-refractivity contribution in [3.8, 4) is 101 Å². The Morgan fingerprint density at radius 2 is 0.507 bits per heavy atom. The van der Waals surface area contributed by atoms with E-state index in [4.69, 9.17) is 13.9 Å². The van der Waals surface area contributed by atoms with Gasteiger partial charge in [-0.15, -0.1) is 11.3 Å². The molecule has 2 aromatic heterocycles. The van der Waals surface area contributed by atoms with Crippen LogP contribution in [0.2, 0.25) is 0 Å². The molecule has 0 radical (unpaired) electrons. The second kappa shape index (κ2) is 30.2. The number of nitrogens with zero attached hydrogens (tertiary/aromatic N) is 2. The van der Waals surface area contributed by atoms with E-state index in [0.29, 0.717) is 0 Å². The molecule has 0 saturated heterocycles. The highest BCUT2D eigenvalue weighted by molar-refractivity contribution is 7.99. The van der Waals surface area contributed by atoms with Crippen LogP contribution in [0.4, 0.5) is 34.1 Å². The molecular formula is C136H80N2O3S3. The molecule has 0 bridgehead atoms. The number of anilines is 6. The van der Waals surface area contributed by atoms with Gasteiger partial charge in [0.25, 0.3) is 0 Å². The van der Waals surface area contributed by atoms with Crippen molar-refractivity contribution in [3.63, 3.8) is 0 Å². The molecule has 22 aromatic carbocycles. The predicted molar refractivity (Wildman–Crippen MR) is 590 cm³/mol. The van der Waals surface area contributed by atoms with Gasteiger partial charge in [0.05, 0.1) is 44.4 Å². The van der Waals surface area contributed by atoms with Crippen molar-refractivity contribution < 1.29 is 13.9 Å². The quantitative estimate of drug-likeness (QED) is 0.143. The van der Waals surface area contributed by atoms with E-state index in [-0.39, 0.29) is 0 Å². The van der Waals surface area contributed by atoms with Gasteiger partial charge in [0, 0.05) is 106 Å². The van der Waals surface area contributed by atoms with Gasteiger partial charge in [-0.2, -0.15) is 0 Å². The maximum absolute atomic E-state index is 6.93. The molecule has 8 aliphatic rings. The fourth-order valence-corrected chi connectivity index (χ4v) is 30.6. The number of fused-ring (bicyclic) bond motifs is 42. The standard InChI is InChI=1S/C136H80N2O3S3/c1-6-36-96-90(30-1)129-108(133(96)100-40-10-18-56-117(100)140-118-57-19-11-41-101(118)133)47-26-51-112(129)137(114-53-28-49-110-131(114)92-32-3-8-38-98(92)135(110)104-44-14-22-61-123(104)143-124-62-23-15-45-105(124)135)86-71-64-81(65-72-86)84-68-75-89-95-78-83(70-77-122(95)142-126(89)79-84)85-69-76-107-127(80-85)144-125-63-24-16-46-106(125)136(107)99-39-9-4-33-93(99)132-111(136)50-29-54-115(132)138(87-73-66-82(67-74-87)88-35-25-60-121-128(88)94-34-5-17-55-116(94)139-121)113-52-27-48-109-130(113)91-31-2-7-37-97(91)134(109)102-42-12-20-58-119(102)141-120-59-21-13-43-103(120)134/h1-80H. The average Bonchev–Trinajstić information content (AvgIpc) is 1.51. The highest BCUT2D eigenvalue weighted by Gasteiger charge is 2.58. The van der Waals surface area contributed by atoms with E-state index in [1.165, 1.54) is 168 Å². The fourth-order valence-electron chi connectivity index (χ4n) is 27.1. The lowest BCUT2D eigenvalue weighted by Gasteiger charge is -2.40. The number of para-hydroxylation sites is 5. The number of hydrogen-bond acceptors (Lipinski definition) is 8. The lowest BCUT2D eigenvalue weighted by atomic mass is 9.66. The highest BCUT2D eigenvalue weighted by Crippen LogP contribution is 2.72.